The zero-order valence-corrected chi connectivity index (χ0v) is 9.00. The zero-order chi connectivity index (χ0) is 9.97. The van der Waals surface area contributed by atoms with Gasteiger partial charge in [0, 0.05) is 13.1 Å². The minimum Gasteiger partial charge on any atom is -0.407 e. The van der Waals surface area contributed by atoms with E-state index in [4.69, 9.17) is 16.0 Å². The molecular formula is C9H14ClN3O. The lowest BCUT2D eigenvalue weighted by molar-refractivity contribution is 0.497. The van der Waals surface area contributed by atoms with E-state index in [0.29, 0.717) is 11.9 Å². The number of hydrogen-bond donors (Lipinski definition) is 0. The molecule has 0 aliphatic heterocycles. The molecule has 1 aliphatic rings. The van der Waals surface area contributed by atoms with Crippen molar-refractivity contribution in [1.82, 2.24) is 10.2 Å². The molecule has 14 heavy (non-hydrogen) atoms. The molecule has 0 N–H and O–H groups in total. The number of aromatic nitrogens is 2. The highest BCUT2D eigenvalue weighted by Gasteiger charge is 2.25. The van der Waals surface area contributed by atoms with Gasteiger partial charge in [-0.1, -0.05) is 5.10 Å². The van der Waals surface area contributed by atoms with Crippen molar-refractivity contribution in [2.75, 3.05) is 18.0 Å². The van der Waals surface area contributed by atoms with Crippen LogP contribution in [0, 0.1) is 5.92 Å². The largest absolute Gasteiger partial charge is 0.407 e. The molecule has 0 radical (unpaired) electrons. The monoisotopic (exact) mass is 215 g/mol. The van der Waals surface area contributed by atoms with Gasteiger partial charge in [-0.3, -0.25) is 0 Å². The van der Waals surface area contributed by atoms with Crippen molar-refractivity contribution in [2.24, 2.45) is 5.92 Å². The third-order valence-electron chi connectivity index (χ3n) is 2.40. The van der Waals surface area contributed by atoms with Gasteiger partial charge in [-0.05, 0) is 25.7 Å². The van der Waals surface area contributed by atoms with E-state index in [1.807, 2.05) is 0 Å². The molecule has 0 spiro atoms. The van der Waals surface area contributed by atoms with Gasteiger partial charge in [0.05, 0.1) is 0 Å². The predicted molar refractivity (Wildman–Crippen MR) is 54.5 cm³/mol. The van der Waals surface area contributed by atoms with Crippen LogP contribution in [0.1, 0.15) is 25.7 Å². The molecule has 1 heterocycles. The Morgan fingerprint density at radius 2 is 2.29 bits per heavy atom. The second kappa shape index (κ2) is 4.17. The van der Waals surface area contributed by atoms with Gasteiger partial charge in [0.2, 0.25) is 5.89 Å². The summed E-state index contributed by atoms with van der Waals surface area (Å²) < 4.78 is 5.39. The van der Waals surface area contributed by atoms with Gasteiger partial charge in [-0.25, -0.2) is 0 Å². The van der Waals surface area contributed by atoms with E-state index < -0.39 is 0 Å². The van der Waals surface area contributed by atoms with E-state index in [2.05, 4.69) is 22.0 Å². The SMILES string of the molecule is CCN(CC1CC1)c1nnc(CCl)o1. The second-order valence-corrected chi connectivity index (χ2v) is 3.86. The van der Waals surface area contributed by atoms with Gasteiger partial charge in [0.1, 0.15) is 5.88 Å². The summed E-state index contributed by atoms with van der Waals surface area (Å²) in [6, 6.07) is 0.607. The topological polar surface area (TPSA) is 42.2 Å². The van der Waals surface area contributed by atoms with Crippen molar-refractivity contribution in [3.05, 3.63) is 5.89 Å². The summed E-state index contributed by atoms with van der Waals surface area (Å²) in [4.78, 5) is 2.11. The summed E-state index contributed by atoms with van der Waals surface area (Å²) in [5.41, 5.74) is 0. The Morgan fingerprint density at radius 3 is 2.79 bits per heavy atom. The zero-order valence-electron chi connectivity index (χ0n) is 8.24. The fraction of sp³-hybridized carbons (Fsp3) is 0.778. The van der Waals surface area contributed by atoms with Crippen molar-refractivity contribution in [2.45, 2.75) is 25.6 Å². The third-order valence-corrected chi connectivity index (χ3v) is 2.63. The maximum atomic E-state index is 5.59. The van der Waals surface area contributed by atoms with Crippen LogP contribution in [0.15, 0.2) is 4.42 Å². The second-order valence-electron chi connectivity index (χ2n) is 3.59. The van der Waals surface area contributed by atoms with Gasteiger partial charge in [0.25, 0.3) is 0 Å². The summed E-state index contributed by atoms with van der Waals surface area (Å²) in [5, 5.41) is 7.80. The van der Waals surface area contributed by atoms with E-state index in [9.17, 15) is 0 Å². The summed E-state index contributed by atoms with van der Waals surface area (Å²) in [5.74, 6) is 1.60. The van der Waals surface area contributed by atoms with Crippen molar-refractivity contribution in [3.8, 4) is 0 Å². The molecule has 1 saturated carbocycles. The van der Waals surface area contributed by atoms with Crippen LogP contribution in [0.2, 0.25) is 0 Å². The van der Waals surface area contributed by atoms with Crippen LogP contribution >= 0.6 is 11.6 Å². The van der Waals surface area contributed by atoms with Crippen molar-refractivity contribution in [3.63, 3.8) is 0 Å². The third kappa shape index (κ3) is 2.18. The number of rotatable bonds is 5. The Morgan fingerprint density at radius 1 is 1.50 bits per heavy atom. The molecule has 2 rings (SSSR count). The summed E-state index contributed by atoms with van der Waals surface area (Å²) in [6.45, 7) is 4.02. The Kier molecular flexibility index (Phi) is 2.91. The highest BCUT2D eigenvalue weighted by atomic mass is 35.5. The standard InChI is InChI=1S/C9H14ClN3O/c1-2-13(6-7-3-4-7)9-12-11-8(5-10)14-9/h7H,2-6H2,1H3. The van der Waals surface area contributed by atoms with Gasteiger partial charge < -0.3 is 9.32 Å². The van der Waals surface area contributed by atoms with E-state index in [1.54, 1.807) is 0 Å². The molecular weight excluding hydrogens is 202 g/mol. The summed E-state index contributed by atoms with van der Waals surface area (Å²) >= 11 is 5.59. The minimum absolute atomic E-state index is 0.286. The van der Waals surface area contributed by atoms with Gasteiger partial charge in [-0.15, -0.1) is 16.7 Å². The number of nitrogens with zero attached hydrogens (tertiary/aromatic N) is 3. The Labute approximate surface area is 88.2 Å². The van der Waals surface area contributed by atoms with E-state index in [1.165, 1.54) is 12.8 Å². The molecule has 0 atom stereocenters. The minimum atomic E-state index is 0.286. The first-order chi connectivity index (χ1) is 6.83. The fourth-order valence-electron chi connectivity index (χ4n) is 1.38. The molecule has 4 nitrogen and oxygen atoms in total. The van der Waals surface area contributed by atoms with E-state index in [-0.39, 0.29) is 5.88 Å². The highest BCUT2D eigenvalue weighted by molar-refractivity contribution is 6.16. The van der Waals surface area contributed by atoms with Crippen molar-refractivity contribution in [1.29, 1.82) is 0 Å². The first kappa shape index (κ1) is 9.77. The fourth-order valence-corrected chi connectivity index (χ4v) is 1.49. The molecule has 0 saturated heterocycles. The number of alkyl halides is 1. The molecule has 1 aliphatic carbocycles. The molecule has 1 aromatic heterocycles. The van der Waals surface area contributed by atoms with E-state index >= 15 is 0 Å². The Bertz CT molecular complexity index is 298. The van der Waals surface area contributed by atoms with Crippen LogP contribution in [-0.2, 0) is 5.88 Å². The Hall–Kier alpha value is -0.770. The highest BCUT2D eigenvalue weighted by Crippen LogP contribution is 2.31. The molecule has 5 heteroatoms. The maximum absolute atomic E-state index is 5.59. The smallest absolute Gasteiger partial charge is 0.318 e. The molecule has 78 valence electrons. The number of halogens is 1. The average Bonchev–Trinajstić information content (AvgIpc) is 2.90. The van der Waals surface area contributed by atoms with Gasteiger partial charge in [0.15, 0.2) is 0 Å². The van der Waals surface area contributed by atoms with Crippen LogP contribution < -0.4 is 4.90 Å². The molecule has 0 bridgehead atoms. The molecule has 0 amide bonds. The number of anilines is 1. The van der Waals surface area contributed by atoms with Crippen LogP contribution in [0.5, 0.6) is 0 Å². The molecule has 1 fully saturated rings. The predicted octanol–water partition coefficient (Wildman–Crippen LogP) is 2.04. The first-order valence-electron chi connectivity index (χ1n) is 4.96. The van der Waals surface area contributed by atoms with E-state index in [0.717, 1.165) is 19.0 Å². The van der Waals surface area contributed by atoms with Gasteiger partial charge >= 0.3 is 6.01 Å². The lowest BCUT2D eigenvalue weighted by atomic mass is 10.4. The normalized spacial score (nSPS) is 15.9. The van der Waals surface area contributed by atoms with Crippen molar-refractivity contribution < 1.29 is 4.42 Å². The number of hydrogen-bond acceptors (Lipinski definition) is 4. The Balaban J connectivity index is 2.01. The van der Waals surface area contributed by atoms with Crippen LogP contribution in [0.4, 0.5) is 6.01 Å². The average molecular weight is 216 g/mol. The maximum Gasteiger partial charge on any atom is 0.318 e. The van der Waals surface area contributed by atoms with Crippen LogP contribution in [0.3, 0.4) is 0 Å². The summed E-state index contributed by atoms with van der Waals surface area (Å²) in [7, 11) is 0. The molecule has 0 aromatic carbocycles. The summed E-state index contributed by atoms with van der Waals surface area (Å²) in [6.07, 6.45) is 2.65. The van der Waals surface area contributed by atoms with Crippen LogP contribution in [-0.4, -0.2) is 23.3 Å². The molecule has 1 aromatic rings. The first-order valence-corrected chi connectivity index (χ1v) is 5.50. The van der Waals surface area contributed by atoms with Crippen LogP contribution in [0.25, 0.3) is 0 Å². The lowest BCUT2D eigenvalue weighted by Gasteiger charge is -2.16. The molecule has 0 unspecified atom stereocenters. The van der Waals surface area contributed by atoms with Gasteiger partial charge in [-0.2, -0.15) is 0 Å². The van der Waals surface area contributed by atoms with Crippen molar-refractivity contribution >= 4 is 17.6 Å². The lowest BCUT2D eigenvalue weighted by Crippen LogP contribution is -2.25. The quantitative estimate of drug-likeness (QED) is 0.705.